The summed E-state index contributed by atoms with van der Waals surface area (Å²) in [7, 11) is 1.71. The van der Waals surface area contributed by atoms with Gasteiger partial charge in [0, 0.05) is 7.05 Å². The van der Waals surface area contributed by atoms with Crippen LogP contribution >= 0.6 is 11.3 Å². The molecule has 1 aromatic heterocycles. The lowest BCUT2D eigenvalue weighted by molar-refractivity contribution is -0.131. The number of hydrogen-bond donors (Lipinski definition) is 1. The first-order valence-electron chi connectivity index (χ1n) is 7.77. The van der Waals surface area contributed by atoms with Crippen molar-refractivity contribution in [1.29, 1.82) is 0 Å². The van der Waals surface area contributed by atoms with E-state index in [9.17, 15) is 9.59 Å². The number of amides is 2. The summed E-state index contributed by atoms with van der Waals surface area (Å²) in [5.41, 5.74) is 1.06. The van der Waals surface area contributed by atoms with E-state index >= 15 is 0 Å². The highest BCUT2D eigenvalue weighted by molar-refractivity contribution is 7.12. The molecule has 0 fully saturated rings. The van der Waals surface area contributed by atoms with E-state index < -0.39 is 6.04 Å². The van der Waals surface area contributed by atoms with Gasteiger partial charge in [-0.05, 0) is 36.9 Å². The Labute approximate surface area is 146 Å². The highest BCUT2D eigenvalue weighted by Crippen LogP contribution is 2.15. The largest absolute Gasteiger partial charge is 0.491 e. The number of ether oxygens (including phenoxy) is 1. The van der Waals surface area contributed by atoms with Gasteiger partial charge in [-0.3, -0.25) is 9.59 Å². The minimum atomic E-state index is -0.580. The molecular weight excluding hydrogens is 324 g/mol. The summed E-state index contributed by atoms with van der Waals surface area (Å²) in [5, 5.41) is 4.55. The lowest BCUT2D eigenvalue weighted by Crippen LogP contribution is -2.46. The van der Waals surface area contributed by atoms with Crippen LogP contribution in [0.25, 0.3) is 0 Å². The summed E-state index contributed by atoms with van der Waals surface area (Å²) >= 11 is 1.35. The van der Waals surface area contributed by atoms with E-state index in [-0.39, 0.29) is 11.8 Å². The van der Waals surface area contributed by atoms with Gasteiger partial charge in [0.15, 0.2) is 0 Å². The van der Waals surface area contributed by atoms with E-state index in [1.54, 1.807) is 31.0 Å². The maximum absolute atomic E-state index is 12.3. The fourth-order valence-electron chi connectivity index (χ4n) is 2.19. The van der Waals surface area contributed by atoms with Gasteiger partial charge in [0.05, 0.1) is 11.4 Å². The Morgan fingerprint density at radius 3 is 2.67 bits per heavy atom. The van der Waals surface area contributed by atoms with Gasteiger partial charge in [0.1, 0.15) is 18.4 Å². The van der Waals surface area contributed by atoms with E-state index in [0.29, 0.717) is 18.0 Å². The zero-order valence-electron chi connectivity index (χ0n) is 14.1. The van der Waals surface area contributed by atoms with Gasteiger partial charge >= 0.3 is 0 Å². The zero-order chi connectivity index (χ0) is 17.5. The molecule has 128 valence electrons. The topological polar surface area (TPSA) is 58.6 Å². The number of nitrogens with zero attached hydrogens (tertiary/aromatic N) is 1. The molecule has 0 bridgehead atoms. The molecule has 6 heteroatoms. The number of likely N-dealkylation sites (N-methyl/N-ethyl adjacent to an activating group) is 1. The number of aryl methyl sites for hydroxylation is 1. The summed E-state index contributed by atoms with van der Waals surface area (Å²) in [6.45, 7) is 4.52. The Kier molecular flexibility index (Phi) is 6.37. The van der Waals surface area contributed by atoms with Crippen LogP contribution in [0.2, 0.25) is 0 Å². The number of carbonyl (C=O) groups is 2. The average Bonchev–Trinajstić information content (AvgIpc) is 3.10. The molecule has 2 amide bonds. The zero-order valence-corrected chi connectivity index (χ0v) is 14.9. The number of rotatable bonds is 7. The molecule has 1 heterocycles. The monoisotopic (exact) mass is 346 g/mol. The van der Waals surface area contributed by atoms with Gasteiger partial charge in [-0.1, -0.05) is 24.3 Å². The van der Waals surface area contributed by atoms with E-state index in [4.69, 9.17) is 4.74 Å². The minimum absolute atomic E-state index is 0.145. The van der Waals surface area contributed by atoms with Crippen molar-refractivity contribution in [3.63, 3.8) is 0 Å². The van der Waals surface area contributed by atoms with Crippen molar-refractivity contribution < 1.29 is 14.3 Å². The average molecular weight is 346 g/mol. The van der Waals surface area contributed by atoms with Gasteiger partial charge in [0.25, 0.3) is 5.91 Å². The smallest absolute Gasteiger partial charge is 0.261 e. The first-order chi connectivity index (χ1) is 11.5. The van der Waals surface area contributed by atoms with Crippen LogP contribution in [0.3, 0.4) is 0 Å². The quantitative estimate of drug-likeness (QED) is 0.839. The lowest BCUT2D eigenvalue weighted by atomic mass is 10.2. The summed E-state index contributed by atoms with van der Waals surface area (Å²) < 4.78 is 5.70. The fraction of sp³-hybridized carbons (Fsp3) is 0.333. The SMILES string of the molecule is Cc1ccccc1OCCN(C)C(=O)C(C)NC(=O)c1cccs1. The second kappa shape index (κ2) is 8.49. The van der Waals surface area contributed by atoms with Crippen molar-refractivity contribution >= 4 is 23.2 Å². The van der Waals surface area contributed by atoms with Gasteiger partial charge in [-0.2, -0.15) is 0 Å². The van der Waals surface area contributed by atoms with Crippen LogP contribution in [0.5, 0.6) is 5.75 Å². The molecular formula is C18H22N2O3S. The highest BCUT2D eigenvalue weighted by atomic mass is 32.1. The summed E-state index contributed by atoms with van der Waals surface area (Å²) in [4.78, 5) is 26.5. The Morgan fingerprint density at radius 2 is 2.00 bits per heavy atom. The van der Waals surface area contributed by atoms with Crippen molar-refractivity contribution in [3.8, 4) is 5.75 Å². The summed E-state index contributed by atoms with van der Waals surface area (Å²) in [6.07, 6.45) is 0. The molecule has 1 atom stereocenters. The molecule has 0 aliphatic rings. The third-order valence-electron chi connectivity index (χ3n) is 3.62. The van der Waals surface area contributed by atoms with Crippen molar-refractivity contribution in [2.45, 2.75) is 19.9 Å². The molecule has 1 unspecified atom stereocenters. The van der Waals surface area contributed by atoms with Crippen molar-refractivity contribution in [2.24, 2.45) is 0 Å². The van der Waals surface area contributed by atoms with Gasteiger partial charge < -0.3 is 15.0 Å². The lowest BCUT2D eigenvalue weighted by Gasteiger charge is -2.22. The summed E-state index contributed by atoms with van der Waals surface area (Å²) in [5.74, 6) is 0.445. The summed E-state index contributed by atoms with van der Waals surface area (Å²) in [6, 6.07) is 10.7. The van der Waals surface area contributed by atoms with Gasteiger partial charge in [-0.25, -0.2) is 0 Å². The Bertz CT molecular complexity index is 685. The standard InChI is InChI=1S/C18H22N2O3S/c1-13-7-4-5-8-15(13)23-11-10-20(3)18(22)14(2)19-17(21)16-9-6-12-24-16/h4-9,12,14H,10-11H2,1-3H3,(H,19,21). The normalized spacial score (nSPS) is 11.6. The van der Waals surface area contributed by atoms with Crippen molar-refractivity contribution in [3.05, 3.63) is 52.2 Å². The molecule has 1 N–H and O–H groups in total. The molecule has 1 aromatic carbocycles. The van der Waals surface area contributed by atoms with Crippen LogP contribution in [-0.2, 0) is 4.79 Å². The molecule has 5 nitrogen and oxygen atoms in total. The van der Waals surface area contributed by atoms with Crippen LogP contribution in [-0.4, -0.2) is 43.0 Å². The van der Waals surface area contributed by atoms with E-state index in [1.165, 1.54) is 11.3 Å². The number of para-hydroxylation sites is 1. The van der Waals surface area contributed by atoms with Crippen molar-refractivity contribution in [1.82, 2.24) is 10.2 Å². The van der Waals surface area contributed by atoms with Crippen LogP contribution in [0.1, 0.15) is 22.2 Å². The maximum Gasteiger partial charge on any atom is 0.261 e. The van der Waals surface area contributed by atoms with Crippen molar-refractivity contribution in [2.75, 3.05) is 20.2 Å². The third kappa shape index (κ3) is 4.83. The van der Waals surface area contributed by atoms with Crippen LogP contribution in [0, 0.1) is 6.92 Å². The number of carbonyl (C=O) groups excluding carboxylic acids is 2. The Morgan fingerprint density at radius 1 is 1.25 bits per heavy atom. The number of nitrogens with one attached hydrogen (secondary N) is 1. The van der Waals surface area contributed by atoms with Crippen LogP contribution < -0.4 is 10.1 Å². The molecule has 0 saturated carbocycles. The first-order valence-corrected chi connectivity index (χ1v) is 8.64. The van der Waals surface area contributed by atoms with Gasteiger partial charge in [0.2, 0.25) is 5.91 Å². The molecule has 0 spiro atoms. The highest BCUT2D eigenvalue weighted by Gasteiger charge is 2.20. The second-order valence-electron chi connectivity index (χ2n) is 5.55. The van der Waals surface area contributed by atoms with Crippen LogP contribution in [0.15, 0.2) is 41.8 Å². The number of thiophene rings is 1. The Balaban J connectivity index is 1.79. The molecule has 0 aliphatic heterocycles. The van der Waals surface area contributed by atoms with Crippen LogP contribution in [0.4, 0.5) is 0 Å². The molecule has 24 heavy (non-hydrogen) atoms. The molecule has 0 radical (unpaired) electrons. The predicted molar refractivity (Wildman–Crippen MR) is 95.6 cm³/mol. The molecule has 2 rings (SSSR count). The molecule has 0 saturated heterocycles. The maximum atomic E-state index is 12.3. The Hall–Kier alpha value is -2.34. The first kappa shape index (κ1) is 18.0. The fourth-order valence-corrected chi connectivity index (χ4v) is 2.82. The molecule has 2 aromatic rings. The minimum Gasteiger partial charge on any atom is -0.491 e. The van der Waals surface area contributed by atoms with E-state index in [1.807, 2.05) is 36.6 Å². The predicted octanol–water partition coefficient (Wildman–Crippen LogP) is 2.71. The second-order valence-corrected chi connectivity index (χ2v) is 6.49. The van der Waals surface area contributed by atoms with Gasteiger partial charge in [-0.15, -0.1) is 11.3 Å². The number of benzene rings is 1. The third-order valence-corrected chi connectivity index (χ3v) is 4.49. The number of hydrogen-bond acceptors (Lipinski definition) is 4. The van der Waals surface area contributed by atoms with E-state index in [0.717, 1.165) is 11.3 Å². The molecule has 0 aliphatic carbocycles. The van der Waals surface area contributed by atoms with E-state index in [2.05, 4.69) is 5.32 Å².